The Bertz CT molecular complexity index is 279. The standard InChI is InChI=1S/C8H11N3/c1-6-3-4-7(2)8(5-6)10-11-9/h3-5H,1-2H3,(H2,9,10). The molecule has 0 saturated carbocycles. The van der Waals surface area contributed by atoms with Crippen molar-refractivity contribution in [2.45, 2.75) is 13.8 Å². The Morgan fingerprint density at radius 2 is 2.00 bits per heavy atom. The first-order chi connectivity index (χ1) is 5.24. The first kappa shape index (κ1) is 7.72. The van der Waals surface area contributed by atoms with Crippen molar-refractivity contribution in [2.24, 2.45) is 16.2 Å². The number of aryl methyl sites for hydroxylation is 2. The Kier molecular flexibility index (Phi) is 2.21. The van der Waals surface area contributed by atoms with E-state index < -0.39 is 0 Å². The van der Waals surface area contributed by atoms with Gasteiger partial charge in [0.15, 0.2) is 0 Å². The molecular formula is C8H11N3. The molecule has 0 saturated heterocycles. The van der Waals surface area contributed by atoms with Gasteiger partial charge in [-0.2, -0.15) is 0 Å². The molecule has 0 heterocycles. The summed E-state index contributed by atoms with van der Waals surface area (Å²) in [7, 11) is 0. The molecule has 1 aromatic rings. The molecule has 3 heteroatoms. The molecular weight excluding hydrogens is 138 g/mol. The molecule has 0 atom stereocenters. The van der Waals surface area contributed by atoms with Crippen LogP contribution < -0.4 is 5.84 Å². The molecule has 0 aliphatic carbocycles. The van der Waals surface area contributed by atoms with Gasteiger partial charge < -0.3 is 5.84 Å². The van der Waals surface area contributed by atoms with Crippen molar-refractivity contribution in [1.82, 2.24) is 0 Å². The molecule has 0 fully saturated rings. The van der Waals surface area contributed by atoms with Crippen molar-refractivity contribution in [3.8, 4) is 0 Å². The zero-order valence-electron chi connectivity index (χ0n) is 6.70. The number of hydrogen-bond acceptors (Lipinski definition) is 2. The van der Waals surface area contributed by atoms with E-state index in [9.17, 15) is 0 Å². The van der Waals surface area contributed by atoms with E-state index in [0.717, 1.165) is 16.8 Å². The molecule has 0 bridgehead atoms. The summed E-state index contributed by atoms with van der Waals surface area (Å²) in [5, 5.41) is 7.00. The molecule has 0 aromatic heterocycles. The Labute approximate surface area is 65.9 Å². The van der Waals surface area contributed by atoms with Gasteiger partial charge in [0.25, 0.3) is 0 Å². The minimum Gasteiger partial charge on any atom is -0.305 e. The predicted octanol–water partition coefficient (Wildman–Crippen LogP) is 2.26. The SMILES string of the molecule is Cc1ccc(C)c(N=NN)c1. The number of rotatable bonds is 1. The second kappa shape index (κ2) is 3.14. The minimum atomic E-state index is 0.840. The highest BCUT2D eigenvalue weighted by Gasteiger charge is 1.94. The maximum atomic E-state index is 4.94. The van der Waals surface area contributed by atoms with Gasteiger partial charge >= 0.3 is 0 Å². The number of nitrogens with two attached hydrogens (primary N) is 1. The number of hydrogen-bond donors (Lipinski definition) is 1. The fraction of sp³-hybridized carbons (Fsp3) is 0.250. The molecule has 2 N–H and O–H groups in total. The zero-order chi connectivity index (χ0) is 8.27. The lowest BCUT2D eigenvalue weighted by Crippen LogP contribution is -1.79. The molecule has 0 radical (unpaired) electrons. The smallest absolute Gasteiger partial charge is 0.0905 e. The molecule has 58 valence electrons. The average Bonchev–Trinajstić information content (AvgIpc) is 1.98. The Balaban J connectivity index is 3.12. The second-order valence-electron chi connectivity index (χ2n) is 2.51. The monoisotopic (exact) mass is 149 g/mol. The predicted molar refractivity (Wildman–Crippen MR) is 44.6 cm³/mol. The lowest BCUT2D eigenvalue weighted by Gasteiger charge is -1.98. The maximum Gasteiger partial charge on any atom is 0.0905 e. The van der Waals surface area contributed by atoms with E-state index in [0.29, 0.717) is 0 Å². The molecule has 1 rings (SSSR count). The van der Waals surface area contributed by atoms with Crippen LogP contribution in [0.5, 0.6) is 0 Å². The fourth-order valence-electron chi connectivity index (χ4n) is 0.889. The first-order valence-electron chi connectivity index (χ1n) is 3.42. The van der Waals surface area contributed by atoms with Crippen molar-refractivity contribution in [3.63, 3.8) is 0 Å². The first-order valence-corrected chi connectivity index (χ1v) is 3.42. The summed E-state index contributed by atoms with van der Waals surface area (Å²) in [6.45, 7) is 3.98. The summed E-state index contributed by atoms with van der Waals surface area (Å²) in [6.07, 6.45) is 0. The molecule has 3 nitrogen and oxygen atoms in total. The van der Waals surface area contributed by atoms with E-state index >= 15 is 0 Å². The molecule has 0 spiro atoms. The van der Waals surface area contributed by atoms with Gasteiger partial charge in [0.05, 0.1) is 5.69 Å². The quantitative estimate of drug-likeness (QED) is 0.371. The summed E-state index contributed by atoms with van der Waals surface area (Å²) in [5.74, 6) is 4.94. The van der Waals surface area contributed by atoms with Crippen LogP contribution in [0.1, 0.15) is 11.1 Å². The van der Waals surface area contributed by atoms with Gasteiger partial charge in [0, 0.05) is 0 Å². The van der Waals surface area contributed by atoms with E-state index in [1.807, 2.05) is 32.0 Å². The Morgan fingerprint density at radius 1 is 1.27 bits per heavy atom. The van der Waals surface area contributed by atoms with Crippen LogP contribution in [0.3, 0.4) is 0 Å². The summed E-state index contributed by atoms with van der Waals surface area (Å²) in [6, 6.07) is 5.98. The number of nitrogens with zero attached hydrogens (tertiary/aromatic N) is 2. The third-order valence-electron chi connectivity index (χ3n) is 1.53. The minimum absolute atomic E-state index is 0.840. The van der Waals surface area contributed by atoms with Crippen LogP contribution in [0.15, 0.2) is 28.5 Å². The van der Waals surface area contributed by atoms with Gasteiger partial charge in [-0.1, -0.05) is 17.4 Å². The number of benzene rings is 1. The third kappa shape index (κ3) is 1.77. The zero-order valence-corrected chi connectivity index (χ0v) is 6.70. The average molecular weight is 149 g/mol. The third-order valence-corrected chi connectivity index (χ3v) is 1.53. The summed E-state index contributed by atoms with van der Waals surface area (Å²) in [4.78, 5) is 0. The van der Waals surface area contributed by atoms with Crippen LogP contribution in [0.4, 0.5) is 5.69 Å². The Morgan fingerprint density at radius 3 is 2.64 bits per heavy atom. The van der Waals surface area contributed by atoms with E-state index in [1.165, 1.54) is 0 Å². The van der Waals surface area contributed by atoms with E-state index in [2.05, 4.69) is 10.3 Å². The van der Waals surface area contributed by atoms with Crippen LogP contribution >= 0.6 is 0 Å². The lowest BCUT2D eigenvalue weighted by molar-refractivity contribution is 1.05. The van der Waals surface area contributed by atoms with E-state index in [4.69, 9.17) is 5.84 Å². The fourth-order valence-corrected chi connectivity index (χ4v) is 0.889. The van der Waals surface area contributed by atoms with Crippen molar-refractivity contribution in [3.05, 3.63) is 29.3 Å². The Hall–Kier alpha value is -1.38. The topological polar surface area (TPSA) is 50.7 Å². The van der Waals surface area contributed by atoms with Gasteiger partial charge in [-0.3, -0.25) is 0 Å². The molecule has 0 aliphatic heterocycles. The second-order valence-corrected chi connectivity index (χ2v) is 2.51. The van der Waals surface area contributed by atoms with Gasteiger partial charge in [-0.25, -0.2) is 0 Å². The molecule has 0 unspecified atom stereocenters. The molecule has 1 aromatic carbocycles. The van der Waals surface area contributed by atoms with Gasteiger partial charge in [-0.05, 0) is 31.0 Å². The van der Waals surface area contributed by atoms with Crippen molar-refractivity contribution in [1.29, 1.82) is 0 Å². The van der Waals surface area contributed by atoms with Gasteiger partial charge in [0.2, 0.25) is 0 Å². The molecule has 11 heavy (non-hydrogen) atoms. The summed E-state index contributed by atoms with van der Waals surface area (Å²) in [5.41, 5.74) is 3.09. The highest BCUT2D eigenvalue weighted by molar-refractivity contribution is 5.46. The van der Waals surface area contributed by atoms with Crippen LogP contribution in [0.2, 0.25) is 0 Å². The summed E-state index contributed by atoms with van der Waals surface area (Å²) >= 11 is 0. The van der Waals surface area contributed by atoms with Crippen molar-refractivity contribution >= 4 is 5.69 Å². The van der Waals surface area contributed by atoms with Gasteiger partial charge in [0.1, 0.15) is 0 Å². The highest BCUT2D eigenvalue weighted by Crippen LogP contribution is 2.19. The van der Waals surface area contributed by atoms with Crippen LogP contribution in [-0.2, 0) is 0 Å². The molecule has 0 amide bonds. The van der Waals surface area contributed by atoms with Gasteiger partial charge in [-0.15, -0.1) is 5.11 Å². The lowest BCUT2D eigenvalue weighted by atomic mass is 10.1. The molecule has 0 aliphatic rings. The normalized spacial score (nSPS) is 10.7. The van der Waals surface area contributed by atoms with Crippen molar-refractivity contribution < 1.29 is 0 Å². The largest absolute Gasteiger partial charge is 0.305 e. The van der Waals surface area contributed by atoms with Crippen LogP contribution in [0, 0.1) is 13.8 Å². The van der Waals surface area contributed by atoms with Crippen molar-refractivity contribution in [2.75, 3.05) is 0 Å². The highest BCUT2D eigenvalue weighted by atomic mass is 15.3. The van der Waals surface area contributed by atoms with E-state index in [1.54, 1.807) is 0 Å². The summed E-state index contributed by atoms with van der Waals surface area (Å²) < 4.78 is 0. The maximum absolute atomic E-state index is 4.94. The van der Waals surface area contributed by atoms with Crippen LogP contribution in [0.25, 0.3) is 0 Å². The van der Waals surface area contributed by atoms with E-state index in [-0.39, 0.29) is 0 Å². The van der Waals surface area contributed by atoms with Crippen LogP contribution in [-0.4, -0.2) is 0 Å².